The molecule has 6 heteroatoms. The molecule has 3 rings (SSSR count). The monoisotopic (exact) mass is 242 g/mol. The van der Waals surface area contributed by atoms with Gasteiger partial charge in [-0.05, 0) is 18.2 Å². The van der Waals surface area contributed by atoms with Gasteiger partial charge in [0.25, 0.3) is 0 Å². The van der Waals surface area contributed by atoms with Gasteiger partial charge in [-0.2, -0.15) is 5.10 Å². The molecule has 3 aromatic rings. The maximum atomic E-state index is 10.9. The average molecular weight is 242 g/mol. The number of carboxylic acids is 1. The van der Waals surface area contributed by atoms with E-state index < -0.39 is 5.97 Å². The fraction of sp³-hybridized carbons (Fsp3) is 0.0833. The summed E-state index contributed by atoms with van der Waals surface area (Å²) in [5, 5.41) is 13.0. The summed E-state index contributed by atoms with van der Waals surface area (Å²) in [4.78, 5) is 15.3. The van der Waals surface area contributed by atoms with Gasteiger partial charge in [-0.1, -0.05) is 0 Å². The zero-order valence-electron chi connectivity index (χ0n) is 9.61. The molecule has 0 saturated heterocycles. The number of hydrogen-bond donors (Lipinski definition) is 1. The maximum absolute atomic E-state index is 10.9. The minimum atomic E-state index is -0.956. The maximum Gasteiger partial charge on any atom is 0.335 e. The minimum absolute atomic E-state index is 0.227. The smallest absolute Gasteiger partial charge is 0.335 e. The van der Waals surface area contributed by atoms with Crippen LogP contribution in [0.5, 0.6) is 0 Å². The number of carbonyl (C=O) groups is 1. The van der Waals surface area contributed by atoms with Crippen LogP contribution in [0.3, 0.4) is 0 Å². The molecule has 0 aliphatic rings. The van der Waals surface area contributed by atoms with Crippen molar-refractivity contribution in [1.29, 1.82) is 0 Å². The van der Waals surface area contributed by atoms with E-state index in [0.717, 1.165) is 11.4 Å². The molecule has 90 valence electrons. The van der Waals surface area contributed by atoms with Crippen LogP contribution in [0.15, 0.2) is 36.8 Å². The molecular formula is C12H10N4O2. The van der Waals surface area contributed by atoms with Crippen molar-refractivity contribution >= 4 is 11.6 Å². The molecular weight excluding hydrogens is 232 g/mol. The molecule has 0 atom stereocenters. The van der Waals surface area contributed by atoms with Gasteiger partial charge in [-0.3, -0.25) is 4.68 Å². The molecule has 3 aromatic heterocycles. The van der Waals surface area contributed by atoms with Gasteiger partial charge in [-0.25, -0.2) is 9.78 Å². The number of aromatic nitrogens is 4. The van der Waals surface area contributed by atoms with E-state index in [-0.39, 0.29) is 5.56 Å². The molecule has 6 nitrogen and oxygen atoms in total. The van der Waals surface area contributed by atoms with Crippen LogP contribution in [0, 0.1) is 0 Å². The molecule has 1 N–H and O–H groups in total. The summed E-state index contributed by atoms with van der Waals surface area (Å²) in [7, 11) is 1.84. The number of pyridine rings is 1. The summed E-state index contributed by atoms with van der Waals surface area (Å²) in [5.41, 5.74) is 2.48. The van der Waals surface area contributed by atoms with Crippen LogP contribution in [0.2, 0.25) is 0 Å². The first-order chi connectivity index (χ1) is 8.65. The highest BCUT2D eigenvalue weighted by Gasteiger charge is 2.09. The molecule has 0 fully saturated rings. The van der Waals surface area contributed by atoms with Crippen molar-refractivity contribution in [2.45, 2.75) is 0 Å². The van der Waals surface area contributed by atoms with Gasteiger partial charge < -0.3 is 9.51 Å². The first-order valence-corrected chi connectivity index (χ1v) is 5.35. The Morgan fingerprint density at radius 1 is 1.39 bits per heavy atom. The number of carboxylic acid groups (broad SMARTS) is 1. The van der Waals surface area contributed by atoms with Crippen LogP contribution >= 0.6 is 0 Å². The van der Waals surface area contributed by atoms with E-state index >= 15 is 0 Å². The Balaban J connectivity index is 2.17. The van der Waals surface area contributed by atoms with Crippen LogP contribution in [0.1, 0.15) is 10.4 Å². The molecule has 3 heterocycles. The molecule has 0 aromatic carbocycles. The quantitative estimate of drug-likeness (QED) is 0.737. The van der Waals surface area contributed by atoms with E-state index in [9.17, 15) is 4.79 Å². The van der Waals surface area contributed by atoms with Gasteiger partial charge in [0.15, 0.2) is 0 Å². The molecule has 0 radical (unpaired) electrons. The van der Waals surface area contributed by atoms with Crippen molar-refractivity contribution in [1.82, 2.24) is 19.2 Å². The van der Waals surface area contributed by atoms with E-state index in [1.807, 2.05) is 19.3 Å². The van der Waals surface area contributed by atoms with Crippen LogP contribution in [0.25, 0.3) is 17.0 Å². The predicted octanol–water partition coefficient (Wildman–Crippen LogP) is 1.43. The summed E-state index contributed by atoms with van der Waals surface area (Å²) in [6, 6.07) is 4.95. The van der Waals surface area contributed by atoms with Gasteiger partial charge >= 0.3 is 5.97 Å². The molecule has 0 aliphatic heterocycles. The molecule has 18 heavy (non-hydrogen) atoms. The number of rotatable bonds is 2. The highest BCUT2D eigenvalue weighted by atomic mass is 16.4. The third-order valence-electron chi connectivity index (χ3n) is 2.79. The first-order valence-electron chi connectivity index (χ1n) is 5.35. The van der Waals surface area contributed by atoms with E-state index in [1.54, 1.807) is 33.6 Å². The van der Waals surface area contributed by atoms with E-state index in [0.29, 0.717) is 5.65 Å². The largest absolute Gasteiger partial charge is 0.478 e. The summed E-state index contributed by atoms with van der Waals surface area (Å²) < 4.78 is 3.51. The van der Waals surface area contributed by atoms with Gasteiger partial charge in [-0.15, -0.1) is 0 Å². The summed E-state index contributed by atoms with van der Waals surface area (Å²) in [6.45, 7) is 0. The molecule has 0 spiro atoms. The number of aryl methyl sites for hydroxylation is 1. The summed E-state index contributed by atoms with van der Waals surface area (Å²) in [6.07, 6.45) is 5.23. The number of fused-ring (bicyclic) bond motifs is 1. The van der Waals surface area contributed by atoms with Crippen molar-refractivity contribution in [3.05, 3.63) is 42.4 Å². The topological polar surface area (TPSA) is 72.4 Å². The second kappa shape index (κ2) is 3.69. The Bertz CT molecular complexity index is 741. The lowest BCUT2D eigenvalue weighted by molar-refractivity contribution is 0.0697. The Morgan fingerprint density at radius 2 is 2.22 bits per heavy atom. The molecule has 0 unspecified atom stereocenters. The number of hydrogen-bond acceptors (Lipinski definition) is 3. The van der Waals surface area contributed by atoms with Gasteiger partial charge in [0.05, 0.1) is 11.3 Å². The molecule has 0 aliphatic carbocycles. The molecule has 0 bridgehead atoms. The lowest BCUT2D eigenvalue weighted by Crippen LogP contribution is -1.97. The first kappa shape index (κ1) is 10.5. The summed E-state index contributed by atoms with van der Waals surface area (Å²) >= 11 is 0. The van der Waals surface area contributed by atoms with Crippen LogP contribution in [0.4, 0.5) is 0 Å². The van der Waals surface area contributed by atoms with Crippen molar-refractivity contribution < 1.29 is 9.90 Å². The Labute approximate surface area is 102 Å². The van der Waals surface area contributed by atoms with Crippen molar-refractivity contribution in [3.8, 4) is 11.4 Å². The summed E-state index contributed by atoms with van der Waals surface area (Å²) in [5.74, 6) is -0.956. The fourth-order valence-electron chi connectivity index (χ4n) is 1.86. The minimum Gasteiger partial charge on any atom is -0.478 e. The Hall–Kier alpha value is -2.63. The zero-order chi connectivity index (χ0) is 12.7. The second-order valence-corrected chi connectivity index (χ2v) is 3.95. The second-order valence-electron chi connectivity index (χ2n) is 3.95. The fourth-order valence-corrected chi connectivity index (χ4v) is 1.86. The SMILES string of the molecule is Cn1nccc1-c1cn2ccc(C(=O)O)cc2n1. The predicted molar refractivity (Wildman–Crippen MR) is 64.4 cm³/mol. The van der Waals surface area contributed by atoms with Crippen molar-refractivity contribution in [2.24, 2.45) is 7.05 Å². The van der Waals surface area contributed by atoms with Crippen LogP contribution in [-0.2, 0) is 7.05 Å². The third kappa shape index (κ3) is 1.55. The number of nitrogens with zero attached hydrogens (tertiary/aromatic N) is 4. The molecule has 0 amide bonds. The molecule has 0 saturated carbocycles. The Kier molecular flexibility index (Phi) is 2.16. The average Bonchev–Trinajstić information content (AvgIpc) is 2.92. The van der Waals surface area contributed by atoms with Gasteiger partial charge in [0.2, 0.25) is 0 Å². The van der Waals surface area contributed by atoms with Gasteiger partial charge in [0.1, 0.15) is 11.3 Å². The normalized spacial score (nSPS) is 10.9. The zero-order valence-corrected chi connectivity index (χ0v) is 9.61. The van der Waals surface area contributed by atoms with Crippen molar-refractivity contribution in [3.63, 3.8) is 0 Å². The third-order valence-corrected chi connectivity index (χ3v) is 2.79. The van der Waals surface area contributed by atoms with E-state index in [1.165, 1.54) is 0 Å². The van der Waals surface area contributed by atoms with Crippen LogP contribution in [-0.4, -0.2) is 30.2 Å². The lowest BCUT2D eigenvalue weighted by Gasteiger charge is -1.94. The van der Waals surface area contributed by atoms with Gasteiger partial charge in [0, 0.05) is 25.6 Å². The highest BCUT2D eigenvalue weighted by molar-refractivity contribution is 5.88. The Morgan fingerprint density at radius 3 is 2.89 bits per heavy atom. The number of imidazole rings is 1. The standard InChI is InChI=1S/C12H10N4O2/c1-15-10(2-4-13-15)9-7-16-5-3-8(12(17)18)6-11(16)14-9/h2-7H,1H3,(H,17,18). The lowest BCUT2D eigenvalue weighted by atomic mass is 10.3. The number of aromatic carboxylic acids is 1. The van der Waals surface area contributed by atoms with Crippen molar-refractivity contribution in [2.75, 3.05) is 0 Å². The van der Waals surface area contributed by atoms with E-state index in [4.69, 9.17) is 5.11 Å². The van der Waals surface area contributed by atoms with Crippen LogP contribution < -0.4 is 0 Å². The highest BCUT2D eigenvalue weighted by Crippen LogP contribution is 2.18. The van der Waals surface area contributed by atoms with E-state index in [2.05, 4.69) is 10.1 Å².